The van der Waals surface area contributed by atoms with Crippen molar-refractivity contribution in [2.24, 2.45) is 5.73 Å². The first-order chi connectivity index (χ1) is 8.02. The van der Waals surface area contributed by atoms with Crippen LogP contribution < -0.4 is 15.8 Å². The average Bonchev–Trinajstić information content (AvgIpc) is 2.32. The summed E-state index contributed by atoms with van der Waals surface area (Å²) < 4.78 is 5.40. The molecule has 0 aliphatic rings. The van der Waals surface area contributed by atoms with Crippen LogP contribution >= 0.6 is 11.6 Å². The average molecular weight is 257 g/mol. The van der Waals surface area contributed by atoms with E-state index < -0.39 is 0 Å². The third-order valence-electron chi connectivity index (χ3n) is 2.99. The van der Waals surface area contributed by atoms with Crippen LogP contribution in [0.4, 0.5) is 0 Å². The molecule has 0 aromatic heterocycles. The summed E-state index contributed by atoms with van der Waals surface area (Å²) in [6, 6.07) is 1.89. The molecular formula is C13H21ClN2O. The molecule has 0 saturated heterocycles. The van der Waals surface area contributed by atoms with Gasteiger partial charge in [-0.2, -0.15) is 0 Å². The normalized spacial score (nSPS) is 12.6. The van der Waals surface area contributed by atoms with Crippen molar-refractivity contribution in [2.75, 3.05) is 20.7 Å². The molecule has 0 saturated carbocycles. The van der Waals surface area contributed by atoms with E-state index in [1.807, 2.05) is 27.0 Å². The van der Waals surface area contributed by atoms with Crippen molar-refractivity contribution in [1.82, 2.24) is 5.32 Å². The molecule has 0 heterocycles. The van der Waals surface area contributed by atoms with E-state index in [4.69, 9.17) is 22.1 Å². The lowest BCUT2D eigenvalue weighted by Crippen LogP contribution is -2.19. The Morgan fingerprint density at radius 1 is 1.47 bits per heavy atom. The van der Waals surface area contributed by atoms with Crippen LogP contribution in [0.15, 0.2) is 6.07 Å². The van der Waals surface area contributed by atoms with Crippen molar-refractivity contribution >= 4 is 11.6 Å². The standard InChI is InChI=1S/C13H21ClN2O/c1-8-7-11(17-4)12(9(2)13(8)14)10(15)5-6-16-3/h7,10,16H,5-6,15H2,1-4H3. The van der Waals surface area contributed by atoms with E-state index in [2.05, 4.69) is 5.32 Å². The summed E-state index contributed by atoms with van der Waals surface area (Å²) in [6.07, 6.45) is 0.854. The predicted octanol–water partition coefficient (Wildman–Crippen LogP) is 2.57. The minimum absolute atomic E-state index is 0.0597. The summed E-state index contributed by atoms with van der Waals surface area (Å²) in [7, 11) is 3.58. The van der Waals surface area contributed by atoms with Gasteiger partial charge in [0.25, 0.3) is 0 Å². The van der Waals surface area contributed by atoms with Crippen LogP contribution in [0.1, 0.15) is 29.2 Å². The van der Waals surface area contributed by atoms with Crippen molar-refractivity contribution in [1.29, 1.82) is 0 Å². The quantitative estimate of drug-likeness (QED) is 0.851. The molecule has 3 N–H and O–H groups in total. The molecular weight excluding hydrogens is 236 g/mol. The Balaban J connectivity index is 3.16. The van der Waals surface area contributed by atoms with E-state index in [9.17, 15) is 0 Å². The number of methoxy groups -OCH3 is 1. The third kappa shape index (κ3) is 3.12. The van der Waals surface area contributed by atoms with Crippen molar-refractivity contribution in [2.45, 2.75) is 26.3 Å². The fourth-order valence-corrected chi connectivity index (χ4v) is 2.17. The molecule has 0 amide bonds. The van der Waals surface area contributed by atoms with Gasteiger partial charge in [-0.05, 0) is 51.1 Å². The minimum Gasteiger partial charge on any atom is -0.496 e. The number of hydrogen-bond acceptors (Lipinski definition) is 3. The lowest BCUT2D eigenvalue weighted by molar-refractivity contribution is 0.403. The number of ether oxygens (including phenoxy) is 1. The van der Waals surface area contributed by atoms with Gasteiger partial charge in [-0.15, -0.1) is 0 Å². The zero-order valence-electron chi connectivity index (χ0n) is 10.9. The number of aryl methyl sites for hydroxylation is 1. The zero-order valence-corrected chi connectivity index (χ0v) is 11.7. The van der Waals surface area contributed by atoms with Gasteiger partial charge in [0.05, 0.1) is 7.11 Å². The number of nitrogens with one attached hydrogen (secondary N) is 1. The van der Waals surface area contributed by atoms with Gasteiger partial charge in [0.15, 0.2) is 0 Å². The van der Waals surface area contributed by atoms with Crippen LogP contribution in [0, 0.1) is 13.8 Å². The molecule has 1 atom stereocenters. The van der Waals surface area contributed by atoms with Gasteiger partial charge in [-0.25, -0.2) is 0 Å². The van der Waals surface area contributed by atoms with Crippen LogP contribution in [0.5, 0.6) is 5.75 Å². The van der Waals surface area contributed by atoms with Gasteiger partial charge in [0.2, 0.25) is 0 Å². The van der Waals surface area contributed by atoms with E-state index in [0.717, 1.165) is 40.4 Å². The molecule has 0 radical (unpaired) electrons. The largest absolute Gasteiger partial charge is 0.496 e. The van der Waals surface area contributed by atoms with Crippen LogP contribution in [-0.2, 0) is 0 Å². The smallest absolute Gasteiger partial charge is 0.124 e. The molecule has 3 nitrogen and oxygen atoms in total. The van der Waals surface area contributed by atoms with Gasteiger partial charge in [0.1, 0.15) is 5.75 Å². The summed E-state index contributed by atoms with van der Waals surface area (Å²) in [5.41, 5.74) is 9.25. The number of rotatable bonds is 5. The molecule has 1 unspecified atom stereocenters. The summed E-state index contributed by atoms with van der Waals surface area (Å²) in [4.78, 5) is 0. The Kier molecular flexibility index (Phi) is 5.25. The van der Waals surface area contributed by atoms with E-state index in [0.29, 0.717) is 0 Å². The van der Waals surface area contributed by atoms with Crippen LogP contribution in [0.25, 0.3) is 0 Å². The third-order valence-corrected chi connectivity index (χ3v) is 3.57. The lowest BCUT2D eigenvalue weighted by Gasteiger charge is -2.20. The molecule has 0 bridgehead atoms. The summed E-state index contributed by atoms with van der Waals surface area (Å²) in [6.45, 7) is 4.84. The van der Waals surface area contributed by atoms with Crippen LogP contribution in [0.2, 0.25) is 5.02 Å². The summed E-state index contributed by atoms with van der Waals surface area (Å²) in [5, 5.41) is 3.88. The second-order valence-electron chi connectivity index (χ2n) is 4.25. The highest BCUT2D eigenvalue weighted by atomic mass is 35.5. The van der Waals surface area contributed by atoms with Gasteiger partial charge >= 0.3 is 0 Å². The van der Waals surface area contributed by atoms with Crippen molar-refractivity contribution in [3.8, 4) is 5.75 Å². The summed E-state index contributed by atoms with van der Waals surface area (Å²) in [5.74, 6) is 0.827. The Morgan fingerprint density at radius 3 is 2.65 bits per heavy atom. The van der Waals surface area contributed by atoms with Gasteiger partial charge in [-0.3, -0.25) is 0 Å². The summed E-state index contributed by atoms with van der Waals surface area (Å²) >= 11 is 6.26. The van der Waals surface area contributed by atoms with Gasteiger partial charge in [-0.1, -0.05) is 11.6 Å². The highest BCUT2D eigenvalue weighted by Gasteiger charge is 2.18. The zero-order chi connectivity index (χ0) is 13.0. The molecule has 4 heteroatoms. The van der Waals surface area contributed by atoms with Crippen molar-refractivity contribution in [3.05, 3.63) is 27.8 Å². The lowest BCUT2D eigenvalue weighted by atomic mass is 9.96. The van der Waals surface area contributed by atoms with Crippen LogP contribution in [-0.4, -0.2) is 20.7 Å². The highest BCUT2D eigenvalue weighted by Crippen LogP contribution is 2.35. The molecule has 1 aromatic carbocycles. The molecule has 0 aliphatic heterocycles. The SMILES string of the molecule is CNCCC(N)c1c(OC)cc(C)c(Cl)c1C. The Labute approximate surface area is 108 Å². The molecule has 17 heavy (non-hydrogen) atoms. The molecule has 0 fully saturated rings. The Hall–Kier alpha value is -0.770. The number of benzene rings is 1. The first-order valence-electron chi connectivity index (χ1n) is 5.76. The first-order valence-corrected chi connectivity index (χ1v) is 6.14. The molecule has 96 valence electrons. The molecule has 0 spiro atoms. The maximum absolute atomic E-state index is 6.26. The second kappa shape index (κ2) is 6.24. The monoisotopic (exact) mass is 256 g/mol. The van der Waals surface area contributed by atoms with E-state index >= 15 is 0 Å². The minimum atomic E-state index is -0.0597. The van der Waals surface area contributed by atoms with Gasteiger partial charge in [0, 0.05) is 16.6 Å². The first kappa shape index (κ1) is 14.3. The van der Waals surface area contributed by atoms with E-state index in [1.165, 1.54) is 0 Å². The van der Waals surface area contributed by atoms with Crippen molar-refractivity contribution in [3.63, 3.8) is 0 Å². The molecule has 1 aromatic rings. The van der Waals surface area contributed by atoms with Crippen LogP contribution in [0.3, 0.4) is 0 Å². The Morgan fingerprint density at radius 2 is 2.12 bits per heavy atom. The van der Waals surface area contributed by atoms with E-state index in [1.54, 1.807) is 7.11 Å². The van der Waals surface area contributed by atoms with Gasteiger partial charge < -0.3 is 15.8 Å². The number of halogens is 1. The number of nitrogens with two attached hydrogens (primary N) is 1. The number of hydrogen-bond donors (Lipinski definition) is 2. The highest BCUT2D eigenvalue weighted by molar-refractivity contribution is 6.32. The second-order valence-corrected chi connectivity index (χ2v) is 4.63. The van der Waals surface area contributed by atoms with E-state index in [-0.39, 0.29) is 6.04 Å². The molecule has 1 rings (SSSR count). The predicted molar refractivity (Wildman–Crippen MR) is 73.0 cm³/mol. The van der Waals surface area contributed by atoms with Crippen molar-refractivity contribution < 1.29 is 4.74 Å². The topological polar surface area (TPSA) is 47.3 Å². The molecule has 0 aliphatic carbocycles. The Bertz CT molecular complexity index is 393. The maximum Gasteiger partial charge on any atom is 0.124 e. The maximum atomic E-state index is 6.26. The fourth-order valence-electron chi connectivity index (χ4n) is 2.01. The fraction of sp³-hybridized carbons (Fsp3) is 0.538.